The Morgan fingerprint density at radius 3 is 2.21 bits per heavy atom. The Hall–Kier alpha value is -1.36. The van der Waals surface area contributed by atoms with Crippen LogP contribution in [0, 0.1) is 11.6 Å². The molecule has 0 saturated carbocycles. The Morgan fingerprint density at radius 1 is 1.21 bits per heavy atom. The molecule has 5 heteroatoms. The van der Waals surface area contributed by atoms with Crippen LogP contribution in [0.2, 0.25) is 0 Å². The molecule has 0 aliphatic carbocycles. The fourth-order valence-corrected chi connectivity index (χ4v) is 1.12. The minimum atomic E-state index is -0.812. The van der Waals surface area contributed by atoms with Gasteiger partial charge in [0.2, 0.25) is 0 Å². The molecule has 14 heavy (non-hydrogen) atoms. The third kappa shape index (κ3) is 1.63. The van der Waals surface area contributed by atoms with E-state index in [9.17, 15) is 8.78 Å². The Balaban J connectivity index is 3.40. The monoisotopic (exact) mass is 204 g/mol. The first kappa shape index (κ1) is 10.7. The summed E-state index contributed by atoms with van der Waals surface area (Å²) in [5.41, 5.74) is -0.167. The van der Waals surface area contributed by atoms with Gasteiger partial charge in [0.15, 0.2) is 23.1 Å². The molecule has 0 saturated heterocycles. The molecule has 1 aromatic carbocycles. The zero-order valence-corrected chi connectivity index (χ0v) is 7.80. The molecule has 1 aromatic rings. The fourth-order valence-electron chi connectivity index (χ4n) is 1.12. The Labute approximate surface area is 79.9 Å². The van der Waals surface area contributed by atoms with Gasteiger partial charge in [0.05, 0.1) is 20.8 Å². The number of benzene rings is 1. The molecule has 0 aromatic heterocycles. The Kier molecular flexibility index (Phi) is 3.24. The van der Waals surface area contributed by atoms with E-state index in [1.807, 2.05) is 0 Å². The lowest BCUT2D eigenvalue weighted by molar-refractivity contribution is 0.267. The van der Waals surface area contributed by atoms with E-state index in [4.69, 9.17) is 5.11 Å². The van der Waals surface area contributed by atoms with Crippen molar-refractivity contribution in [3.63, 3.8) is 0 Å². The van der Waals surface area contributed by atoms with Gasteiger partial charge in [-0.15, -0.1) is 0 Å². The van der Waals surface area contributed by atoms with Crippen molar-refractivity contribution in [2.75, 3.05) is 14.2 Å². The first-order valence-corrected chi connectivity index (χ1v) is 3.85. The van der Waals surface area contributed by atoms with Crippen LogP contribution in [0.25, 0.3) is 0 Å². The van der Waals surface area contributed by atoms with Crippen LogP contribution in [0.4, 0.5) is 8.78 Å². The second-order valence-corrected chi connectivity index (χ2v) is 2.56. The average molecular weight is 204 g/mol. The van der Waals surface area contributed by atoms with E-state index in [0.29, 0.717) is 0 Å². The number of hydrogen-bond acceptors (Lipinski definition) is 3. The van der Waals surface area contributed by atoms with Crippen molar-refractivity contribution in [2.24, 2.45) is 0 Å². The van der Waals surface area contributed by atoms with Crippen LogP contribution in [0.1, 0.15) is 5.56 Å². The van der Waals surface area contributed by atoms with Gasteiger partial charge >= 0.3 is 0 Å². The van der Waals surface area contributed by atoms with Crippen molar-refractivity contribution < 1.29 is 23.4 Å². The second-order valence-electron chi connectivity index (χ2n) is 2.56. The van der Waals surface area contributed by atoms with E-state index >= 15 is 0 Å². The largest absolute Gasteiger partial charge is 0.490 e. The highest BCUT2D eigenvalue weighted by molar-refractivity contribution is 5.45. The number of aliphatic hydroxyl groups is 1. The number of methoxy groups -OCH3 is 2. The van der Waals surface area contributed by atoms with Crippen LogP contribution >= 0.6 is 0 Å². The molecule has 0 radical (unpaired) electrons. The van der Waals surface area contributed by atoms with Crippen LogP contribution in [-0.4, -0.2) is 19.3 Å². The molecule has 0 atom stereocenters. The molecule has 0 unspecified atom stereocenters. The van der Waals surface area contributed by atoms with Gasteiger partial charge in [-0.25, -0.2) is 8.78 Å². The summed E-state index contributed by atoms with van der Waals surface area (Å²) in [6, 6.07) is 0.872. The molecule has 0 aliphatic heterocycles. The van der Waals surface area contributed by atoms with Crippen molar-refractivity contribution in [2.45, 2.75) is 6.61 Å². The molecule has 1 rings (SSSR count). The Bertz CT molecular complexity index is 339. The van der Waals surface area contributed by atoms with Crippen molar-refractivity contribution in [1.82, 2.24) is 0 Å². The third-order valence-electron chi connectivity index (χ3n) is 1.78. The van der Waals surface area contributed by atoms with Crippen LogP contribution in [-0.2, 0) is 6.61 Å². The van der Waals surface area contributed by atoms with Gasteiger partial charge in [0.1, 0.15) is 0 Å². The topological polar surface area (TPSA) is 38.7 Å². The molecule has 3 nitrogen and oxygen atoms in total. The van der Waals surface area contributed by atoms with Gasteiger partial charge in [-0.3, -0.25) is 0 Å². The third-order valence-corrected chi connectivity index (χ3v) is 1.78. The van der Waals surface area contributed by atoms with Gasteiger partial charge < -0.3 is 14.6 Å². The van der Waals surface area contributed by atoms with Crippen molar-refractivity contribution >= 4 is 0 Å². The number of hydrogen-bond donors (Lipinski definition) is 1. The summed E-state index contributed by atoms with van der Waals surface area (Å²) in [6.45, 7) is -0.594. The van der Waals surface area contributed by atoms with E-state index in [-0.39, 0.29) is 17.1 Å². The highest BCUT2D eigenvalue weighted by atomic mass is 19.1. The summed E-state index contributed by atoms with van der Waals surface area (Å²) in [5, 5.41) is 8.72. The predicted octanol–water partition coefficient (Wildman–Crippen LogP) is 1.47. The first-order chi connectivity index (χ1) is 6.65. The highest BCUT2D eigenvalue weighted by Gasteiger charge is 2.19. The summed E-state index contributed by atoms with van der Waals surface area (Å²) >= 11 is 0. The highest BCUT2D eigenvalue weighted by Crippen LogP contribution is 2.34. The van der Waals surface area contributed by atoms with E-state index in [1.54, 1.807) is 0 Å². The lowest BCUT2D eigenvalue weighted by atomic mass is 10.2. The minimum Gasteiger partial charge on any atom is -0.490 e. The van der Waals surface area contributed by atoms with E-state index in [2.05, 4.69) is 9.47 Å². The SMILES string of the molecule is COc1c(F)cc(CO)c(F)c1OC. The maximum absolute atomic E-state index is 13.4. The molecule has 0 fully saturated rings. The predicted molar refractivity (Wildman–Crippen MR) is 45.4 cm³/mol. The molecule has 1 N–H and O–H groups in total. The van der Waals surface area contributed by atoms with Crippen molar-refractivity contribution in [1.29, 1.82) is 0 Å². The number of aliphatic hydroxyl groups excluding tert-OH is 1. The summed E-state index contributed by atoms with van der Waals surface area (Å²) in [7, 11) is 2.40. The van der Waals surface area contributed by atoms with Crippen LogP contribution in [0.3, 0.4) is 0 Å². The maximum atomic E-state index is 13.4. The van der Waals surface area contributed by atoms with Crippen LogP contribution in [0.15, 0.2) is 6.07 Å². The van der Waals surface area contributed by atoms with Gasteiger partial charge in [0.25, 0.3) is 0 Å². The molecular weight excluding hydrogens is 194 g/mol. The summed E-state index contributed by atoms with van der Waals surface area (Å²) in [4.78, 5) is 0. The summed E-state index contributed by atoms with van der Waals surface area (Å²) in [6.07, 6.45) is 0. The number of halogens is 2. The summed E-state index contributed by atoms with van der Waals surface area (Å²) in [5.74, 6) is -2.22. The van der Waals surface area contributed by atoms with E-state index in [0.717, 1.165) is 6.07 Å². The maximum Gasteiger partial charge on any atom is 0.200 e. The van der Waals surface area contributed by atoms with E-state index < -0.39 is 18.2 Å². The Morgan fingerprint density at radius 2 is 1.79 bits per heavy atom. The van der Waals surface area contributed by atoms with Crippen molar-refractivity contribution in [3.05, 3.63) is 23.3 Å². The van der Waals surface area contributed by atoms with Crippen LogP contribution < -0.4 is 9.47 Å². The van der Waals surface area contributed by atoms with Gasteiger partial charge in [0, 0.05) is 5.56 Å². The van der Waals surface area contributed by atoms with Gasteiger partial charge in [-0.2, -0.15) is 0 Å². The van der Waals surface area contributed by atoms with Crippen molar-refractivity contribution in [3.8, 4) is 11.5 Å². The lowest BCUT2D eigenvalue weighted by Crippen LogP contribution is -2.01. The van der Waals surface area contributed by atoms with Gasteiger partial charge in [-0.1, -0.05) is 0 Å². The first-order valence-electron chi connectivity index (χ1n) is 3.85. The molecule has 0 amide bonds. The molecule has 0 aliphatic rings. The minimum absolute atomic E-state index is 0.167. The zero-order valence-electron chi connectivity index (χ0n) is 7.80. The lowest BCUT2D eigenvalue weighted by Gasteiger charge is -2.11. The average Bonchev–Trinajstić information content (AvgIpc) is 2.20. The van der Waals surface area contributed by atoms with E-state index in [1.165, 1.54) is 14.2 Å². The van der Waals surface area contributed by atoms with Crippen LogP contribution in [0.5, 0.6) is 11.5 Å². The molecule has 0 bridgehead atoms. The normalized spacial score (nSPS) is 10.1. The molecule has 0 spiro atoms. The number of ether oxygens (including phenoxy) is 2. The number of rotatable bonds is 3. The quantitative estimate of drug-likeness (QED) is 0.810. The molecule has 78 valence electrons. The summed E-state index contributed by atoms with van der Waals surface area (Å²) < 4.78 is 35.8. The molecular formula is C9H10F2O3. The molecule has 0 heterocycles. The standard InChI is InChI=1S/C9H10F2O3/c1-13-8-6(10)3-5(4-12)7(11)9(8)14-2/h3,12H,4H2,1-2H3. The fraction of sp³-hybridized carbons (Fsp3) is 0.333. The zero-order chi connectivity index (χ0) is 10.7. The van der Waals surface area contributed by atoms with Gasteiger partial charge in [-0.05, 0) is 6.07 Å². The second kappa shape index (κ2) is 4.23. The smallest absolute Gasteiger partial charge is 0.200 e.